The number of carbonyl (C=O) groups excluding carboxylic acids is 2. The Hall–Kier alpha value is -5.39. The van der Waals surface area contributed by atoms with Gasteiger partial charge in [-0.15, -0.1) is 0 Å². The van der Waals surface area contributed by atoms with Gasteiger partial charge in [0.25, 0.3) is 15.9 Å². The van der Waals surface area contributed by atoms with Crippen molar-refractivity contribution in [1.29, 1.82) is 0 Å². The molecule has 54 heavy (non-hydrogen) atoms. The molecule has 4 aromatic carbocycles. The molecule has 7 rings (SSSR count). The summed E-state index contributed by atoms with van der Waals surface area (Å²) in [5.41, 5.74) is 5.92. The van der Waals surface area contributed by atoms with Crippen LogP contribution < -0.4 is 14.8 Å². The number of halogens is 1. The maximum atomic E-state index is 13.2. The number of hydrogen-bond acceptors (Lipinski definition) is 7. The van der Waals surface area contributed by atoms with Crippen molar-refractivity contribution >= 4 is 61.1 Å². The van der Waals surface area contributed by atoms with Crippen molar-refractivity contribution in [2.75, 3.05) is 12.4 Å². The molecular formula is C42H41ClN4O6S. The predicted molar refractivity (Wildman–Crippen MR) is 211 cm³/mol. The number of nitrogens with one attached hydrogen (secondary N) is 2. The maximum Gasteiger partial charge on any atom is 0.411 e. The molecule has 1 saturated carbocycles. The first-order valence-electron chi connectivity index (χ1n) is 18.0. The van der Waals surface area contributed by atoms with E-state index in [1.807, 2.05) is 42.5 Å². The van der Waals surface area contributed by atoms with Crippen LogP contribution >= 0.6 is 11.6 Å². The van der Waals surface area contributed by atoms with Crippen molar-refractivity contribution in [1.82, 2.24) is 14.3 Å². The third kappa shape index (κ3) is 8.37. The quantitative estimate of drug-likeness (QED) is 0.127. The molecule has 0 atom stereocenters. The van der Waals surface area contributed by atoms with Gasteiger partial charge in [-0.3, -0.25) is 15.1 Å². The lowest BCUT2D eigenvalue weighted by molar-refractivity contribution is 0.0980. The van der Waals surface area contributed by atoms with E-state index >= 15 is 0 Å². The number of amides is 2. The molecule has 0 spiro atoms. The van der Waals surface area contributed by atoms with Crippen molar-refractivity contribution in [2.45, 2.75) is 69.4 Å². The molecule has 12 heteroatoms. The van der Waals surface area contributed by atoms with Crippen molar-refractivity contribution in [3.8, 4) is 5.75 Å². The minimum Gasteiger partial charge on any atom is -0.496 e. The minimum atomic E-state index is -4.09. The van der Waals surface area contributed by atoms with Crippen LogP contribution in [0, 0.1) is 6.92 Å². The summed E-state index contributed by atoms with van der Waals surface area (Å²) in [5.74, 6) is -0.322. The number of hydrogen-bond donors (Lipinski definition) is 2. The number of benzene rings is 4. The number of aryl methyl sites for hydroxylation is 3. The van der Waals surface area contributed by atoms with Crippen LogP contribution in [-0.2, 0) is 34.1 Å². The second kappa shape index (κ2) is 15.9. The highest BCUT2D eigenvalue weighted by Gasteiger charge is 2.23. The standard InChI is InChI=1S/C42H41ClN4O6S/c1-27-8-3-6-12-40(27)54(50,51)46-41(48)30-14-13-29(39(23-30)52-2)22-31-26-47(21-7-9-33-18-16-28-15-17-32(43)24-37(28)44-33)38-20-19-34(25-36(31)38)45-42(49)53-35-10-4-5-11-35/h3,6,8,12-20,23-26,35H,4-5,7,9-11,21-22H2,1-2H3,(H,45,49)(H,46,48). The van der Waals surface area contributed by atoms with Crippen molar-refractivity contribution in [3.05, 3.63) is 130 Å². The Morgan fingerprint density at radius 2 is 1.74 bits per heavy atom. The molecule has 1 aliphatic carbocycles. The molecule has 0 aliphatic heterocycles. The first-order valence-corrected chi connectivity index (χ1v) is 19.9. The zero-order chi connectivity index (χ0) is 37.8. The number of methoxy groups -OCH3 is 1. The Labute approximate surface area is 319 Å². The minimum absolute atomic E-state index is 0.0393. The molecular weight excluding hydrogens is 724 g/mol. The fraction of sp³-hybridized carbons (Fsp3) is 0.262. The van der Waals surface area contributed by atoms with E-state index in [1.165, 1.54) is 13.2 Å². The number of fused-ring (bicyclic) bond motifs is 2. The lowest BCUT2D eigenvalue weighted by Crippen LogP contribution is -2.31. The first-order chi connectivity index (χ1) is 26.1. The Kier molecular flexibility index (Phi) is 10.9. The summed E-state index contributed by atoms with van der Waals surface area (Å²) in [6.07, 6.45) is 7.51. The Morgan fingerprint density at radius 1 is 0.944 bits per heavy atom. The number of aromatic nitrogens is 2. The number of nitrogens with zero attached hydrogens (tertiary/aromatic N) is 2. The van der Waals surface area contributed by atoms with Gasteiger partial charge in [0.1, 0.15) is 11.9 Å². The van der Waals surface area contributed by atoms with Crippen LogP contribution in [0.4, 0.5) is 10.5 Å². The van der Waals surface area contributed by atoms with Crippen LogP contribution in [0.3, 0.4) is 0 Å². The summed E-state index contributed by atoms with van der Waals surface area (Å²) in [6, 6.07) is 27.1. The van der Waals surface area contributed by atoms with Crippen LogP contribution in [-0.4, -0.2) is 43.2 Å². The lowest BCUT2D eigenvalue weighted by Gasteiger charge is -2.13. The molecule has 278 valence electrons. The van der Waals surface area contributed by atoms with Crippen LogP contribution in [0.1, 0.15) is 64.8 Å². The number of ether oxygens (including phenoxy) is 2. The van der Waals surface area contributed by atoms with Gasteiger partial charge in [-0.2, -0.15) is 0 Å². The molecule has 0 radical (unpaired) electrons. The van der Waals surface area contributed by atoms with Crippen molar-refractivity contribution in [2.24, 2.45) is 0 Å². The van der Waals surface area contributed by atoms with E-state index in [1.54, 1.807) is 43.3 Å². The average molecular weight is 765 g/mol. The van der Waals surface area contributed by atoms with E-state index in [2.05, 4.69) is 26.9 Å². The van der Waals surface area contributed by atoms with Crippen LogP contribution in [0.15, 0.2) is 102 Å². The topological polar surface area (TPSA) is 129 Å². The summed E-state index contributed by atoms with van der Waals surface area (Å²) in [6.45, 7) is 2.39. The molecule has 2 amide bonds. The molecule has 0 saturated heterocycles. The first kappa shape index (κ1) is 36.9. The molecule has 2 N–H and O–H groups in total. The van der Waals surface area contributed by atoms with Gasteiger partial charge in [-0.05, 0) is 117 Å². The number of carbonyl (C=O) groups is 2. The second-order valence-corrected chi connectivity index (χ2v) is 15.8. The summed E-state index contributed by atoms with van der Waals surface area (Å²) < 4.78 is 41.8. The Balaban J connectivity index is 1.13. The van der Waals surface area contributed by atoms with Gasteiger partial charge in [-0.1, -0.05) is 48.0 Å². The van der Waals surface area contributed by atoms with E-state index in [0.717, 1.165) is 77.2 Å². The summed E-state index contributed by atoms with van der Waals surface area (Å²) in [4.78, 5) is 30.8. The monoisotopic (exact) mass is 764 g/mol. The normalized spacial score (nSPS) is 13.3. The van der Waals surface area contributed by atoms with E-state index in [-0.39, 0.29) is 16.6 Å². The molecule has 1 aliphatic rings. The van der Waals surface area contributed by atoms with Gasteiger partial charge < -0.3 is 14.0 Å². The predicted octanol–water partition coefficient (Wildman–Crippen LogP) is 8.99. The van der Waals surface area contributed by atoms with E-state index < -0.39 is 22.0 Å². The SMILES string of the molecule is COc1cc(C(=O)NS(=O)(=O)c2ccccc2C)ccc1Cc1cn(CCCc2ccc3ccc(Cl)cc3n2)c2ccc(NC(=O)OC3CCCC3)cc12. The number of pyridine rings is 1. The molecule has 10 nitrogen and oxygen atoms in total. The Morgan fingerprint density at radius 3 is 2.54 bits per heavy atom. The smallest absolute Gasteiger partial charge is 0.411 e. The number of rotatable bonds is 12. The highest BCUT2D eigenvalue weighted by molar-refractivity contribution is 7.90. The third-order valence-corrected chi connectivity index (χ3v) is 11.6. The summed E-state index contributed by atoms with van der Waals surface area (Å²) >= 11 is 6.22. The van der Waals surface area contributed by atoms with Gasteiger partial charge in [0.05, 0.1) is 17.5 Å². The number of sulfonamides is 1. The molecule has 2 aromatic heterocycles. The molecule has 0 bridgehead atoms. The molecule has 0 unspecified atom stereocenters. The fourth-order valence-electron chi connectivity index (χ4n) is 7.11. The molecule has 1 fully saturated rings. The largest absolute Gasteiger partial charge is 0.496 e. The van der Waals surface area contributed by atoms with E-state index in [0.29, 0.717) is 35.0 Å². The van der Waals surface area contributed by atoms with Crippen LogP contribution in [0.5, 0.6) is 5.75 Å². The number of anilines is 1. The Bertz CT molecular complexity index is 2470. The van der Waals surface area contributed by atoms with Gasteiger partial charge >= 0.3 is 6.09 Å². The van der Waals surface area contributed by atoms with E-state index in [9.17, 15) is 18.0 Å². The van der Waals surface area contributed by atoms with Gasteiger partial charge in [0, 0.05) is 57.4 Å². The lowest BCUT2D eigenvalue weighted by atomic mass is 10.0. The second-order valence-electron chi connectivity index (χ2n) is 13.7. The van der Waals surface area contributed by atoms with Gasteiger partial charge in [0.2, 0.25) is 0 Å². The van der Waals surface area contributed by atoms with Gasteiger partial charge in [0.15, 0.2) is 0 Å². The summed E-state index contributed by atoms with van der Waals surface area (Å²) in [7, 11) is -2.57. The zero-order valence-electron chi connectivity index (χ0n) is 30.1. The highest BCUT2D eigenvalue weighted by Crippen LogP contribution is 2.31. The van der Waals surface area contributed by atoms with E-state index in [4.69, 9.17) is 26.1 Å². The molecule has 2 heterocycles. The third-order valence-electron chi connectivity index (χ3n) is 9.87. The van der Waals surface area contributed by atoms with Gasteiger partial charge in [-0.25, -0.2) is 17.9 Å². The highest BCUT2D eigenvalue weighted by atomic mass is 35.5. The zero-order valence-corrected chi connectivity index (χ0v) is 31.7. The fourth-order valence-corrected chi connectivity index (χ4v) is 8.50. The van der Waals surface area contributed by atoms with Crippen LogP contribution in [0.25, 0.3) is 21.8 Å². The van der Waals surface area contributed by atoms with Crippen LogP contribution in [0.2, 0.25) is 5.02 Å². The molecule has 6 aromatic rings. The van der Waals surface area contributed by atoms with Crippen molar-refractivity contribution < 1.29 is 27.5 Å². The van der Waals surface area contributed by atoms with Crippen molar-refractivity contribution in [3.63, 3.8) is 0 Å². The average Bonchev–Trinajstić information content (AvgIpc) is 3.78. The maximum absolute atomic E-state index is 13.2. The summed E-state index contributed by atoms with van der Waals surface area (Å²) in [5, 5.41) is 5.55.